The molecule has 0 aliphatic carbocycles. The summed E-state index contributed by atoms with van der Waals surface area (Å²) in [5.41, 5.74) is 3.51. The molecular formula is C13H11N3O3S. The van der Waals surface area contributed by atoms with Gasteiger partial charge in [0, 0.05) is 0 Å². The minimum Gasteiger partial charge on any atom is -0.291 e. The van der Waals surface area contributed by atoms with E-state index in [2.05, 4.69) is 4.98 Å². The molecule has 0 aliphatic heterocycles. The highest BCUT2D eigenvalue weighted by Gasteiger charge is 2.19. The largest absolute Gasteiger partial charge is 0.291 e. The maximum absolute atomic E-state index is 12.5. The van der Waals surface area contributed by atoms with Crippen LogP contribution in [0.5, 0.6) is 0 Å². The van der Waals surface area contributed by atoms with Gasteiger partial charge in [0.25, 0.3) is 10.0 Å². The molecule has 3 rings (SSSR count). The summed E-state index contributed by atoms with van der Waals surface area (Å²) >= 11 is 0. The number of rotatable bonds is 3. The van der Waals surface area contributed by atoms with Crippen molar-refractivity contribution >= 4 is 26.7 Å². The Hall–Kier alpha value is -2.38. The van der Waals surface area contributed by atoms with Crippen molar-refractivity contribution in [1.29, 1.82) is 0 Å². The fourth-order valence-electron chi connectivity index (χ4n) is 1.94. The van der Waals surface area contributed by atoms with E-state index < -0.39 is 10.0 Å². The molecule has 0 fully saturated rings. The third-order valence-electron chi connectivity index (χ3n) is 2.96. The normalized spacial score (nSPS) is 11.7. The Balaban J connectivity index is 2.15. The topological polar surface area (TPSA) is 84.2 Å². The third kappa shape index (κ3) is 1.93. The Bertz CT molecular complexity index is 854. The molecule has 7 heteroatoms. The SMILES string of the molecule is O=S(=O)(c1ccc(NO)cc1)n1cnc2ccccc21. The first-order valence-electron chi connectivity index (χ1n) is 5.81. The maximum atomic E-state index is 12.5. The lowest BCUT2D eigenvalue weighted by atomic mass is 10.3. The molecule has 0 radical (unpaired) electrons. The first kappa shape index (κ1) is 12.6. The van der Waals surface area contributed by atoms with Gasteiger partial charge >= 0.3 is 0 Å². The molecule has 1 heterocycles. The first-order chi connectivity index (χ1) is 9.63. The Morgan fingerprint density at radius 2 is 1.75 bits per heavy atom. The zero-order valence-electron chi connectivity index (χ0n) is 10.3. The minimum absolute atomic E-state index is 0.125. The van der Waals surface area contributed by atoms with E-state index in [-0.39, 0.29) is 4.90 Å². The van der Waals surface area contributed by atoms with Crippen LogP contribution in [0.15, 0.2) is 59.8 Å². The van der Waals surface area contributed by atoms with E-state index in [0.29, 0.717) is 16.7 Å². The Morgan fingerprint density at radius 1 is 1.05 bits per heavy atom. The highest BCUT2D eigenvalue weighted by Crippen LogP contribution is 2.21. The molecule has 0 spiro atoms. The molecule has 2 aromatic carbocycles. The van der Waals surface area contributed by atoms with E-state index in [0.717, 1.165) is 3.97 Å². The number of hydrogen-bond donors (Lipinski definition) is 2. The van der Waals surface area contributed by atoms with Gasteiger partial charge in [-0.25, -0.2) is 17.4 Å². The van der Waals surface area contributed by atoms with Crippen LogP contribution in [-0.2, 0) is 10.0 Å². The lowest BCUT2D eigenvalue weighted by Crippen LogP contribution is -2.11. The molecule has 0 bridgehead atoms. The number of nitrogens with one attached hydrogen (secondary N) is 1. The van der Waals surface area contributed by atoms with Gasteiger partial charge in [-0.2, -0.15) is 0 Å². The second kappa shape index (κ2) is 4.62. The third-order valence-corrected chi connectivity index (χ3v) is 4.64. The van der Waals surface area contributed by atoms with Gasteiger partial charge in [-0.15, -0.1) is 0 Å². The van der Waals surface area contributed by atoms with E-state index in [1.165, 1.54) is 30.6 Å². The van der Waals surface area contributed by atoms with Crippen LogP contribution in [-0.4, -0.2) is 22.6 Å². The summed E-state index contributed by atoms with van der Waals surface area (Å²) in [6.07, 6.45) is 1.29. The van der Waals surface area contributed by atoms with Crippen molar-refractivity contribution in [1.82, 2.24) is 8.96 Å². The summed E-state index contributed by atoms with van der Waals surface area (Å²) in [5.74, 6) is 0. The van der Waals surface area contributed by atoms with Crippen molar-refractivity contribution in [2.75, 3.05) is 5.48 Å². The molecule has 102 valence electrons. The van der Waals surface area contributed by atoms with Gasteiger partial charge in [0.15, 0.2) is 0 Å². The van der Waals surface area contributed by atoms with Gasteiger partial charge in [-0.3, -0.25) is 10.7 Å². The minimum atomic E-state index is -3.70. The zero-order chi connectivity index (χ0) is 14.2. The van der Waals surface area contributed by atoms with Crippen LogP contribution in [0.4, 0.5) is 5.69 Å². The van der Waals surface area contributed by atoms with Gasteiger partial charge in [-0.1, -0.05) is 12.1 Å². The van der Waals surface area contributed by atoms with Crippen LogP contribution in [0.25, 0.3) is 11.0 Å². The fourth-order valence-corrected chi connectivity index (χ4v) is 3.23. The molecule has 0 saturated carbocycles. The number of para-hydroxylation sites is 2. The molecule has 0 amide bonds. The molecule has 0 unspecified atom stereocenters. The van der Waals surface area contributed by atoms with Crippen LogP contribution in [0.2, 0.25) is 0 Å². The molecular weight excluding hydrogens is 278 g/mol. The van der Waals surface area contributed by atoms with Gasteiger partial charge in [0.1, 0.15) is 6.33 Å². The zero-order valence-corrected chi connectivity index (χ0v) is 11.1. The fraction of sp³-hybridized carbons (Fsp3) is 0. The van der Waals surface area contributed by atoms with Crippen molar-refractivity contribution in [2.45, 2.75) is 4.90 Å². The number of fused-ring (bicyclic) bond motifs is 1. The van der Waals surface area contributed by atoms with Crippen LogP contribution >= 0.6 is 0 Å². The smallest absolute Gasteiger partial charge is 0.269 e. The predicted molar refractivity (Wildman–Crippen MR) is 74.2 cm³/mol. The standard InChI is InChI=1S/C13H11N3O3S/c17-15-10-5-7-11(8-6-10)20(18,19)16-9-14-12-3-1-2-4-13(12)16/h1-9,15,17H. The molecule has 1 aromatic heterocycles. The lowest BCUT2D eigenvalue weighted by molar-refractivity contribution is 0.389. The van der Waals surface area contributed by atoms with Gasteiger partial charge in [0.2, 0.25) is 0 Å². The highest BCUT2D eigenvalue weighted by molar-refractivity contribution is 7.90. The van der Waals surface area contributed by atoms with Crippen molar-refractivity contribution in [3.8, 4) is 0 Å². The molecule has 20 heavy (non-hydrogen) atoms. The van der Waals surface area contributed by atoms with Crippen molar-refractivity contribution in [2.24, 2.45) is 0 Å². The number of hydrogen-bond acceptors (Lipinski definition) is 5. The van der Waals surface area contributed by atoms with Crippen LogP contribution in [0, 0.1) is 0 Å². The van der Waals surface area contributed by atoms with Crippen molar-refractivity contribution < 1.29 is 13.6 Å². The molecule has 0 atom stereocenters. The quantitative estimate of drug-likeness (QED) is 0.721. The van der Waals surface area contributed by atoms with Gasteiger partial charge in [0.05, 0.1) is 21.6 Å². The summed E-state index contributed by atoms with van der Waals surface area (Å²) in [7, 11) is -3.70. The second-order valence-electron chi connectivity index (χ2n) is 4.17. The molecule has 6 nitrogen and oxygen atoms in total. The van der Waals surface area contributed by atoms with E-state index in [4.69, 9.17) is 5.21 Å². The van der Waals surface area contributed by atoms with Crippen LogP contribution in [0.1, 0.15) is 0 Å². The number of anilines is 1. The average Bonchev–Trinajstić information content (AvgIpc) is 2.92. The maximum Gasteiger partial charge on any atom is 0.269 e. The van der Waals surface area contributed by atoms with Crippen molar-refractivity contribution in [3.63, 3.8) is 0 Å². The Morgan fingerprint density at radius 3 is 2.45 bits per heavy atom. The van der Waals surface area contributed by atoms with E-state index >= 15 is 0 Å². The second-order valence-corrected chi connectivity index (χ2v) is 5.99. The summed E-state index contributed by atoms with van der Waals surface area (Å²) in [6.45, 7) is 0. The Labute approximate surface area is 115 Å². The predicted octanol–water partition coefficient (Wildman–Crippen LogP) is 2.07. The van der Waals surface area contributed by atoms with Gasteiger partial charge < -0.3 is 0 Å². The van der Waals surface area contributed by atoms with Crippen LogP contribution < -0.4 is 5.48 Å². The van der Waals surface area contributed by atoms with E-state index in [9.17, 15) is 8.42 Å². The first-order valence-corrected chi connectivity index (χ1v) is 7.25. The lowest BCUT2D eigenvalue weighted by Gasteiger charge is -2.07. The van der Waals surface area contributed by atoms with E-state index in [1.54, 1.807) is 24.3 Å². The van der Waals surface area contributed by atoms with Gasteiger partial charge in [-0.05, 0) is 36.4 Å². The molecule has 0 aliphatic rings. The summed E-state index contributed by atoms with van der Waals surface area (Å²) in [4.78, 5) is 4.20. The number of benzene rings is 2. The average molecular weight is 289 g/mol. The molecule has 3 aromatic rings. The number of imidazole rings is 1. The number of nitrogens with zero attached hydrogens (tertiary/aromatic N) is 2. The molecule has 0 saturated heterocycles. The Kier molecular flexibility index (Phi) is 2.92. The number of aromatic nitrogens is 2. The summed E-state index contributed by atoms with van der Waals surface area (Å²) in [5, 5.41) is 8.74. The summed E-state index contributed by atoms with van der Waals surface area (Å²) in [6, 6.07) is 12.8. The highest BCUT2D eigenvalue weighted by atomic mass is 32.2. The van der Waals surface area contributed by atoms with Crippen LogP contribution in [0.3, 0.4) is 0 Å². The van der Waals surface area contributed by atoms with E-state index in [1.807, 2.05) is 5.48 Å². The monoisotopic (exact) mass is 289 g/mol. The summed E-state index contributed by atoms with van der Waals surface area (Å²) < 4.78 is 26.2. The van der Waals surface area contributed by atoms with Crippen molar-refractivity contribution in [3.05, 3.63) is 54.9 Å². The molecule has 2 N–H and O–H groups in total.